The lowest BCUT2D eigenvalue weighted by molar-refractivity contribution is -0.126. The van der Waals surface area contributed by atoms with Gasteiger partial charge < -0.3 is 19.9 Å². The van der Waals surface area contributed by atoms with Crippen LogP contribution in [0.1, 0.15) is 19.2 Å². The van der Waals surface area contributed by atoms with Gasteiger partial charge >= 0.3 is 0 Å². The first-order valence-corrected chi connectivity index (χ1v) is 7.62. The first kappa shape index (κ1) is 17.5. The van der Waals surface area contributed by atoms with Crippen LogP contribution >= 0.6 is 0 Å². The second-order valence-electron chi connectivity index (χ2n) is 4.97. The smallest absolute Gasteiger partial charge is 0.239 e. The average molecular weight is 332 g/mol. The standard InChI is InChI=1S/C16H20N4O4/c1-3-17-14(22)10-18-13(21)8-9-15-19-16(20-24-15)11-4-6-12(23-2)7-5-11/h4-7H,3,8-10H2,1-2H3,(H,17,22)(H,18,21). The predicted octanol–water partition coefficient (Wildman–Crippen LogP) is 0.930. The number of carbonyl (C=O) groups is 2. The van der Waals surface area contributed by atoms with E-state index in [1.807, 2.05) is 19.1 Å². The number of carbonyl (C=O) groups excluding carboxylic acids is 2. The number of methoxy groups -OCH3 is 1. The molecule has 0 aliphatic carbocycles. The van der Waals surface area contributed by atoms with E-state index >= 15 is 0 Å². The highest BCUT2D eigenvalue weighted by molar-refractivity contribution is 5.84. The number of nitrogens with one attached hydrogen (secondary N) is 2. The molecule has 0 spiro atoms. The molecule has 2 aromatic rings. The maximum absolute atomic E-state index is 11.7. The zero-order valence-electron chi connectivity index (χ0n) is 13.7. The summed E-state index contributed by atoms with van der Waals surface area (Å²) in [6, 6.07) is 7.26. The number of benzene rings is 1. The molecular weight excluding hydrogens is 312 g/mol. The van der Waals surface area contributed by atoms with Gasteiger partial charge in [0.2, 0.25) is 23.5 Å². The average Bonchev–Trinajstić information content (AvgIpc) is 3.07. The number of rotatable bonds is 8. The highest BCUT2D eigenvalue weighted by atomic mass is 16.5. The van der Waals surface area contributed by atoms with Crippen molar-refractivity contribution in [3.63, 3.8) is 0 Å². The van der Waals surface area contributed by atoms with Crippen LogP contribution in [0.3, 0.4) is 0 Å². The third-order valence-corrected chi connectivity index (χ3v) is 3.20. The van der Waals surface area contributed by atoms with E-state index < -0.39 is 0 Å². The maximum atomic E-state index is 11.7. The molecule has 0 unspecified atom stereocenters. The zero-order valence-corrected chi connectivity index (χ0v) is 13.7. The molecule has 8 heteroatoms. The Balaban J connectivity index is 1.82. The minimum Gasteiger partial charge on any atom is -0.497 e. The first-order valence-electron chi connectivity index (χ1n) is 7.62. The van der Waals surface area contributed by atoms with Crippen LogP contribution in [0.25, 0.3) is 11.4 Å². The van der Waals surface area contributed by atoms with Crippen LogP contribution < -0.4 is 15.4 Å². The minimum absolute atomic E-state index is 0.0341. The van der Waals surface area contributed by atoms with Crippen molar-refractivity contribution in [2.45, 2.75) is 19.8 Å². The van der Waals surface area contributed by atoms with E-state index in [2.05, 4.69) is 20.8 Å². The second-order valence-corrected chi connectivity index (χ2v) is 4.97. The molecule has 1 heterocycles. The molecule has 24 heavy (non-hydrogen) atoms. The Hall–Kier alpha value is -2.90. The summed E-state index contributed by atoms with van der Waals surface area (Å²) < 4.78 is 10.2. The Morgan fingerprint density at radius 3 is 2.58 bits per heavy atom. The fourth-order valence-corrected chi connectivity index (χ4v) is 1.96. The number of ether oxygens (including phenoxy) is 1. The number of hydrogen-bond donors (Lipinski definition) is 2. The SMILES string of the molecule is CCNC(=O)CNC(=O)CCc1nc(-c2ccc(OC)cc2)no1. The molecular formula is C16H20N4O4. The van der Waals surface area contributed by atoms with Gasteiger partial charge in [-0.3, -0.25) is 9.59 Å². The summed E-state index contributed by atoms with van der Waals surface area (Å²) in [5, 5.41) is 9.03. The van der Waals surface area contributed by atoms with Crippen molar-refractivity contribution >= 4 is 11.8 Å². The van der Waals surface area contributed by atoms with Gasteiger partial charge in [0.05, 0.1) is 13.7 Å². The van der Waals surface area contributed by atoms with Crippen LogP contribution in [0.2, 0.25) is 0 Å². The third kappa shape index (κ3) is 5.08. The normalized spacial score (nSPS) is 10.2. The minimum atomic E-state index is -0.245. The van der Waals surface area contributed by atoms with Gasteiger partial charge in [0, 0.05) is 24.9 Å². The number of hydrogen-bond acceptors (Lipinski definition) is 6. The van der Waals surface area contributed by atoms with E-state index in [-0.39, 0.29) is 24.8 Å². The summed E-state index contributed by atoms with van der Waals surface area (Å²) in [5.74, 6) is 1.10. The highest BCUT2D eigenvalue weighted by Crippen LogP contribution is 2.19. The molecule has 0 saturated heterocycles. The molecule has 0 radical (unpaired) electrons. The summed E-state index contributed by atoms with van der Waals surface area (Å²) in [4.78, 5) is 27.2. The highest BCUT2D eigenvalue weighted by Gasteiger charge is 2.11. The predicted molar refractivity (Wildman–Crippen MR) is 86.3 cm³/mol. The van der Waals surface area contributed by atoms with Gasteiger partial charge in [-0.25, -0.2) is 0 Å². The third-order valence-electron chi connectivity index (χ3n) is 3.20. The van der Waals surface area contributed by atoms with Crippen molar-refractivity contribution in [3.05, 3.63) is 30.2 Å². The molecule has 2 amide bonds. The fraction of sp³-hybridized carbons (Fsp3) is 0.375. The van der Waals surface area contributed by atoms with Gasteiger partial charge in [0.15, 0.2) is 0 Å². The molecule has 0 aliphatic rings. The van der Waals surface area contributed by atoms with Crippen LogP contribution in [0.15, 0.2) is 28.8 Å². The van der Waals surface area contributed by atoms with E-state index in [1.54, 1.807) is 19.2 Å². The van der Waals surface area contributed by atoms with Crippen LogP contribution in [0.4, 0.5) is 0 Å². The topological polar surface area (TPSA) is 106 Å². The maximum Gasteiger partial charge on any atom is 0.239 e. The van der Waals surface area contributed by atoms with Gasteiger partial charge in [0.25, 0.3) is 0 Å². The molecule has 0 fully saturated rings. The Bertz CT molecular complexity index is 682. The van der Waals surface area contributed by atoms with E-state index in [4.69, 9.17) is 9.26 Å². The monoisotopic (exact) mass is 332 g/mol. The number of aromatic nitrogens is 2. The summed E-state index contributed by atoms with van der Waals surface area (Å²) in [6.07, 6.45) is 0.480. The molecule has 128 valence electrons. The van der Waals surface area contributed by atoms with Gasteiger partial charge in [-0.05, 0) is 31.2 Å². The lowest BCUT2D eigenvalue weighted by atomic mass is 10.2. The van der Waals surface area contributed by atoms with Crippen molar-refractivity contribution in [3.8, 4) is 17.1 Å². The summed E-state index contributed by atoms with van der Waals surface area (Å²) >= 11 is 0. The molecule has 8 nitrogen and oxygen atoms in total. The lowest BCUT2D eigenvalue weighted by Crippen LogP contribution is -2.36. The van der Waals surface area contributed by atoms with Crippen LogP contribution in [0, 0.1) is 0 Å². The Morgan fingerprint density at radius 2 is 1.92 bits per heavy atom. The Labute approximate surface area is 139 Å². The molecule has 1 aromatic carbocycles. The largest absolute Gasteiger partial charge is 0.497 e. The van der Waals surface area contributed by atoms with E-state index in [0.717, 1.165) is 11.3 Å². The van der Waals surface area contributed by atoms with Gasteiger partial charge in [-0.1, -0.05) is 5.16 Å². The van der Waals surface area contributed by atoms with Crippen molar-refractivity contribution < 1.29 is 18.8 Å². The van der Waals surface area contributed by atoms with Crippen LogP contribution in [-0.2, 0) is 16.0 Å². The zero-order chi connectivity index (χ0) is 17.4. The number of likely N-dealkylation sites (N-methyl/N-ethyl adjacent to an activating group) is 1. The van der Waals surface area contributed by atoms with Crippen molar-refractivity contribution in [1.29, 1.82) is 0 Å². The number of nitrogens with zero attached hydrogens (tertiary/aromatic N) is 2. The fourth-order valence-electron chi connectivity index (χ4n) is 1.96. The van der Waals surface area contributed by atoms with Crippen molar-refractivity contribution in [2.24, 2.45) is 0 Å². The van der Waals surface area contributed by atoms with Crippen molar-refractivity contribution in [1.82, 2.24) is 20.8 Å². The molecule has 1 aromatic heterocycles. The molecule has 2 N–H and O–H groups in total. The van der Waals surface area contributed by atoms with E-state index in [9.17, 15) is 9.59 Å². The summed E-state index contributed by atoms with van der Waals surface area (Å²) in [5.41, 5.74) is 0.798. The van der Waals surface area contributed by atoms with Gasteiger partial charge in [-0.2, -0.15) is 4.98 Å². The first-order chi connectivity index (χ1) is 11.6. The molecule has 0 atom stereocenters. The number of amides is 2. The van der Waals surface area contributed by atoms with Crippen LogP contribution in [0.5, 0.6) is 5.75 Å². The van der Waals surface area contributed by atoms with E-state index in [0.29, 0.717) is 24.7 Å². The Kier molecular flexibility index (Phi) is 6.30. The second kappa shape index (κ2) is 8.66. The summed E-state index contributed by atoms with van der Waals surface area (Å²) in [7, 11) is 1.60. The van der Waals surface area contributed by atoms with E-state index in [1.165, 1.54) is 0 Å². The van der Waals surface area contributed by atoms with Gasteiger partial charge in [0.1, 0.15) is 5.75 Å². The number of aryl methyl sites for hydroxylation is 1. The van der Waals surface area contributed by atoms with Gasteiger partial charge in [-0.15, -0.1) is 0 Å². The molecule has 0 aliphatic heterocycles. The van der Waals surface area contributed by atoms with Crippen molar-refractivity contribution in [2.75, 3.05) is 20.2 Å². The molecule has 2 rings (SSSR count). The molecule has 0 saturated carbocycles. The Morgan fingerprint density at radius 1 is 1.17 bits per heavy atom. The van der Waals surface area contributed by atoms with Crippen LogP contribution in [-0.4, -0.2) is 42.2 Å². The summed E-state index contributed by atoms with van der Waals surface area (Å²) in [6.45, 7) is 2.31. The quantitative estimate of drug-likeness (QED) is 0.745. The lowest BCUT2D eigenvalue weighted by Gasteiger charge is -2.03. The molecule has 0 bridgehead atoms.